The quantitative estimate of drug-likeness (QED) is 0.737. The fourth-order valence-electron chi connectivity index (χ4n) is 4.29. The van der Waals surface area contributed by atoms with Crippen LogP contribution in [-0.2, 0) is 9.84 Å². The van der Waals surface area contributed by atoms with Crippen LogP contribution in [0.3, 0.4) is 0 Å². The lowest BCUT2D eigenvalue weighted by Gasteiger charge is -2.41. The number of aliphatic hydroxyl groups is 2. The van der Waals surface area contributed by atoms with Crippen molar-refractivity contribution in [3.05, 3.63) is 0 Å². The third-order valence-corrected chi connectivity index (χ3v) is 7.58. The van der Waals surface area contributed by atoms with E-state index in [0.29, 0.717) is 50.0 Å². The highest BCUT2D eigenvalue weighted by atomic mass is 32.2. The Morgan fingerprint density at radius 3 is 2.17 bits per heavy atom. The Morgan fingerprint density at radius 1 is 1.04 bits per heavy atom. The summed E-state index contributed by atoms with van der Waals surface area (Å²) in [5, 5.41) is 20.8. The zero-order chi connectivity index (χ0) is 16.5. The van der Waals surface area contributed by atoms with Crippen molar-refractivity contribution in [3.8, 4) is 0 Å². The molecule has 3 fully saturated rings. The lowest BCUT2D eigenvalue weighted by molar-refractivity contribution is -0.0844. The van der Waals surface area contributed by atoms with Gasteiger partial charge in [0.2, 0.25) is 0 Å². The van der Waals surface area contributed by atoms with Crippen LogP contribution in [0, 0.1) is 0 Å². The maximum atomic E-state index is 11.5. The van der Waals surface area contributed by atoms with Crippen LogP contribution in [-0.4, -0.2) is 90.4 Å². The molecule has 0 spiro atoms. The van der Waals surface area contributed by atoms with Gasteiger partial charge in [0.15, 0.2) is 9.84 Å². The van der Waals surface area contributed by atoms with Crippen molar-refractivity contribution >= 4 is 9.84 Å². The Morgan fingerprint density at radius 2 is 1.61 bits per heavy atom. The molecule has 2 saturated heterocycles. The molecular weight excluding hydrogens is 316 g/mol. The van der Waals surface area contributed by atoms with Gasteiger partial charge >= 0.3 is 0 Å². The molecular formula is C16H30N2O4S. The number of β-amino-alcohol motifs (C(OH)–C–C–N with tert-alkyl or cyclic N) is 1. The minimum Gasteiger partial charge on any atom is -0.389 e. The zero-order valence-electron chi connectivity index (χ0n) is 13.9. The van der Waals surface area contributed by atoms with Gasteiger partial charge in [-0.15, -0.1) is 0 Å². The normalized spacial score (nSPS) is 31.2. The summed E-state index contributed by atoms with van der Waals surface area (Å²) in [5.41, 5.74) is -0.877. The van der Waals surface area contributed by atoms with Gasteiger partial charge in [-0.05, 0) is 38.8 Å². The second-order valence-electron chi connectivity index (χ2n) is 7.55. The summed E-state index contributed by atoms with van der Waals surface area (Å²) in [5.74, 6) is 0.581. The second-order valence-corrected chi connectivity index (χ2v) is 9.85. The zero-order valence-corrected chi connectivity index (χ0v) is 14.7. The predicted molar refractivity (Wildman–Crippen MR) is 89.1 cm³/mol. The van der Waals surface area contributed by atoms with E-state index in [9.17, 15) is 18.6 Å². The Labute approximate surface area is 139 Å². The summed E-state index contributed by atoms with van der Waals surface area (Å²) in [7, 11) is -2.81. The van der Waals surface area contributed by atoms with E-state index >= 15 is 0 Å². The van der Waals surface area contributed by atoms with Crippen molar-refractivity contribution in [2.24, 2.45) is 0 Å². The van der Waals surface area contributed by atoms with Crippen LogP contribution >= 0.6 is 0 Å². The number of sulfone groups is 1. The third-order valence-electron chi connectivity index (χ3n) is 5.97. The van der Waals surface area contributed by atoms with Gasteiger partial charge < -0.3 is 15.1 Å². The van der Waals surface area contributed by atoms with Gasteiger partial charge in [0.1, 0.15) is 0 Å². The first-order chi connectivity index (χ1) is 10.9. The van der Waals surface area contributed by atoms with Crippen molar-refractivity contribution in [1.29, 1.82) is 0 Å². The minimum absolute atomic E-state index is 0.291. The lowest BCUT2D eigenvalue weighted by atomic mass is 9.93. The smallest absolute Gasteiger partial charge is 0.152 e. The Bertz CT molecular complexity index is 482. The molecule has 1 unspecified atom stereocenters. The van der Waals surface area contributed by atoms with E-state index in [-0.39, 0.29) is 0 Å². The number of likely N-dealkylation sites (tertiary alicyclic amines) is 1. The van der Waals surface area contributed by atoms with Gasteiger partial charge in [-0.1, -0.05) is 12.8 Å². The molecule has 7 heteroatoms. The molecule has 2 N–H and O–H groups in total. The molecule has 1 saturated carbocycles. The summed E-state index contributed by atoms with van der Waals surface area (Å²) in [6.45, 7) is 3.71. The van der Waals surface area contributed by atoms with Crippen molar-refractivity contribution in [2.45, 2.75) is 56.3 Å². The van der Waals surface area contributed by atoms with Crippen LogP contribution in [0.15, 0.2) is 0 Å². The molecule has 3 aliphatic rings. The monoisotopic (exact) mass is 346 g/mol. The van der Waals surface area contributed by atoms with Crippen LogP contribution in [0.4, 0.5) is 0 Å². The van der Waals surface area contributed by atoms with Crippen LogP contribution < -0.4 is 0 Å². The SMILES string of the molecule is O=S1(=O)CCN(C2CCN(CC(O)C3(O)CCCC3)CC2)CC1. The van der Waals surface area contributed by atoms with Gasteiger partial charge in [-0.3, -0.25) is 4.90 Å². The van der Waals surface area contributed by atoms with Gasteiger partial charge in [0, 0.05) is 25.7 Å². The third kappa shape index (κ3) is 4.25. The van der Waals surface area contributed by atoms with Crippen molar-refractivity contribution in [3.63, 3.8) is 0 Å². The molecule has 0 aromatic heterocycles. The van der Waals surface area contributed by atoms with Crippen LogP contribution in [0.25, 0.3) is 0 Å². The average molecular weight is 346 g/mol. The number of rotatable bonds is 4. The molecule has 0 aromatic carbocycles. The molecule has 134 valence electrons. The first-order valence-corrected chi connectivity index (χ1v) is 10.8. The second kappa shape index (κ2) is 6.96. The number of aliphatic hydroxyl groups excluding tert-OH is 1. The Hall–Kier alpha value is -0.210. The summed E-state index contributed by atoms with van der Waals surface area (Å²) in [6, 6.07) is 0.466. The van der Waals surface area contributed by atoms with E-state index in [1.54, 1.807) is 0 Å². The number of nitrogens with zero attached hydrogens (tertiary/aromatic N) is 2. The lowest BCUT2D eigenvalue weighted by Crippen LogP contribution is -2.53. The maximum absolute atomic E-state index is 11.5. The van der Waals surface area contributed by atoms with Crippen LogP contribution in [0.2, 0.25) is 0 Å². The van der Waals surface area contributed by atoms with E-state index in [2.05, 4.69) is 9.80 Å². The first-order valence-electron chi connectivity index (χ1n) is 8.95. The fourth-order valence-corrected chi connectivity index (χ4v) is 5.52. The van der Waals surface area contributed by atoms with Gasteiger partial charge in [-0.2, -0.15) is 0 Å². The average Bonchev–Trinajstić information content (AvgIpc) is 2.96. The molecule has 0 aromatic rings. The molecule has 0 radical (unpaired) electrons. The molecule has 0 bridgehead atoms. The molecule has 0 amide bonds. The molecule has 3 rings (SSSR count). The van der Waals surface area contributed by atoms with E-state index in [1.165, 1.54) is 0 Å². The van der Waals surface area contributed by atoms with Crippen molar-refractivity contribution in [2.75, 3.05) is 44.2 Å². The van der Waals surface area contributed by atoms with Crippen LogP contribution in [0.1, 0.15) is 38.5 Å². The number of piperidine rings is 1. The van der Waals surface area contributed by atoms with Crippen LogP contribution in [0.5, 0.6) is 0 Å². The molecule has 23 heavy (non-hydrogen) atoms. The first kappa shape index (κ1) is 17.6. The summed E-state index contributed by atoms with van der Waals surface area (Å²) in [6.07, 6.45) is 4.83. The highest BCUT2D eigenvalue weighted by molar-refractivity contribution is 7.91. The van der Waals surface area contributed by atoms with E-state index in [1.807, 2.05) is 0 Å². The number of hydrogen-bond donors (Lipinski definition) is 2. The van der Waals surface area contributed by atoms with Gasteiger partial charge in [-0.25, -0.2) is 8.42 Å². The molecule has 1 aliphatic carbocycles. The molecule has 2 aliphatic heterocycles. The summed E-state index contributed by atoms with van der Waals surface area (Å²) in [4.78, 5) is 4.57. The largest absolute Gasteiger partial charge is 0.389 e. The summed E-state index contributed by atoms with van der Waals surface area (Å²) >= 11 is 0. The minimum atomic E-state index is -2.81. The van der Waals surface area contributed by atoms with E-state index < -0.39 is 21.5 Å². The molecule has 1 atom stereocenters. The molecule has 6 nitrogen and oxygen atoms in total. The maximum Gasteiger partial charge on any atom is 0.152 e. The van der Waals surface area contributed by atoms with Crippen molar-refractivity contribution in [1.82, 2.24) is 9.80 Å². The summed E-state index contributed by atoms with van der Waals surface area (Å²) < 4.78 is 23.0. The standard InChI is InChI=1S/C16H30N2O4S/c19-15(16(20)5-1-2-6-16)13-17-7-3-14(4-8-17)18-9-11-23(21,22)12-10-18/h14-15,19-20H,1-13H2. The topological polar surface area (TPSA) is 81.1 Å². The highest BCUT2D eigenvalue weighted by Gasteiger charge is 2.39. The molecule has 2 heterocycles. The van der Waals surface area contributed by atoms with E-state index in [4.69, 9.17) is 0 Å². The van der Waals surface area contributed by atoms with Gasteiger partial charge in [0.25, 0.3) is 0 Å². The van der Waals surface area contributed by atoms with Gasteiger partial charge in [0.05, 0.1) is 23.2 Å². The predicted octanol–water partition coefficient (Wildman–Crippen LogP) is -0.153. The van der Waals surface area contributed by atoms with E-state index in [0.717, 1.165) is 38.8 Å². The highest BCUT2D eigenvalue weighted by Crippen LogP contribution is 2.33. The fraction of sp³-hybridized carbons (Fsp3) is 1.00. The number of hydrogen-bond acceptors (Lipinski definition) is 6. The Kier molecular flexibility index (Phi) is 5.33. The van der Waals surface area contributed by atoms with Crippen molar-refractivity contribution < 1.29 is 18.6 Å². The Balaban J connectivity index is 1.43.